The second-order valence-electron chi connectivity index (χ2n) is 7.14. The minimum absolute atomic E-state index is 0. The van der Waals surface area contributed by atoms with Gasteiger partial charge in [-0.25, -0.2) is 9.98 Å². The van der Waals surface area contributed by atoms with E-state index in [1.54, 1.807) is 11.3 Å². The summed E-state index contributed by atoms with van der Waals surface area (Å²) in [5.41, 5.74) is 1.16. The summed E-state index contributed by atoms with van der Waals surface area (Å²) in [5, 5.41) is 9.95. The third-order valence-corrected chi connectivity index (χ3v) is 5.69. The lowest BCUT2D eigenvalue weighted by Crippen LogP contribution is -2.51. The Morgan fingerprint density at radius 2 is 2.31 bits per heavy atom. The van der Waals surface area contributed by atoms with Gasteiger partial charge in [-0.1, -0.05) is 13.8 Å². The second-order valence-corrected chi connectivity index (χ2v) is 8.09. The van der Waals surface area contributed by atoms with Gasteiger partial charge in [-0.3, -0.25) is 4.90 Å². The number of halogens is 1. The molecule has 0 bridgehead atoms. The highest BCUT2D eigenvalue weighted by atomic mass is 127. The topological polar surface area (TPSA) is 61.8 Å². The van der Waals surface area contributed by atoms with Crippen molar-refractivity contribution in [1.82, 2.24) is 20.5 Å². The van der Waals surface area contributed by atoms with Crippen molar-refractivity contribution >= 4 is 41.3 Å². The smallest absolute Gasteiger partial charge is 0.191 e. The Kier molecular flexibility index (Phi) is 9.05. The van der Waals surface area contributed by atoms with Gasteiger partial charge in [-0.2, -0.15) is 0 Å². The SMILES string of the molecule is CCNC(=NCc1nc(C(C)C)cs1)NCC1CN2CCCC2CO1.I. The number of morpholine rings is 1. The Bertz CT molecular complexity index is 580. The molecule has 1 aromatic rings. The summed E-state index contributed by atoms with van der Waals surface area (Å²) in [5.74, 6) is 1.31. The first-order chi connectivity index (χ1) is 12.2. The summed E-state index contributed by atoms with van der Waals surface area (Å²) in [6.45, 7) is 11.8. The van der Waals surface area contributed by atoms with Gasteiger partial charge in [0.05, 0.1) is 24.9 Å². The Morgan fingerprint density at radius 3 is 3.04 bits per heavy atom. The monoisotopic (exact) mass is 493 g/mol. The van der Waals surface area contributed by atoms with Crippen LogP contribution in [0, 0.1) is 0 Å². The van der Waals surface area contributed by atoms with Crippen LogP contribution in [0.2, 0.25) is 0 Å². The lowest BCUT2D eigenvalue weighted by Gasteiger charge is -2.35. The summed E-state index contributed by atoms with van der Waals surface area (Å²) in [6, 6.07) is 0.651. The van der Waals surface area contributed by atoms with Gasteiger partial charge in [0, 0.05) is 31.1 Å². The fourth-order valence-corrected chi connectivity index (χ4v) is 4.25. The fraction of sp³-hybridized carbons (Fsp3) is 0.778. The van der Waals surface area contributed by atoms with E-state index in [1.165, 1.54) is 19.4 Å². The Hall–Kier alpha value is -0.450. The highest BCUT2D eigenvalue weighted by Gasteiger charge is 2.32. The molecule has 0 amide bonds. The number of thiazole rings is 1. The van der Waals surface area contributed by atoms with Gasteiger partial charge in [0.2, 0.25) is 0 Å². The Labute approximate surface area is 178 Å². The number of fused-ring (bicyclic) bond motifs is 1. The molecule has 0 saturated carbocycles. The third kappa shape index (κ3) is 6.03. The Morgan fingerprint density at radius 1 is 1.46 bits per heavy atom. The van der Waals surface area contributed by atoms with Crippen molar-refractivity contribution in [3.8, 4) is 0 Å². The zero-order chi connectivity index (χ0) is 17.6. The van der Waals surface area contributed by atoms with Crippen LogP contribution >= 0.6 is 35.3 Å². The van der Waals surface area contributed by atoms with Crippen LogP contribution in [0.15, 0.2) is 10.4 Å². The molecule has 26 heavy (non-hydrogen) atoms. The molecule has 0 radical (unpaired) electrons. The summed E-state index contributed by atoms with van der Waals surface area (Å²) in [6.07, 6.45) is 2.84. The molecule has 2 fully saturated rings. The number of ether oxygens (including phenoxy) is 1. The lowest BCUT2D eigenvalue weighted by molar-refractivity contribution is -0.0453. The van der Waals surface area contributed by atoms with Gasteiger partial charge in [-0.15, -0.1) is 35.3 Å². The standard InChI is InChI=1S/C18H31N5OS.HI/c1-4-19-18(21-9-17-22-16(12-25-17)13(2)3)20-8-15-10-23-7-5-6-14(23)11-24-15;/h12-15H,4-11H2,1-3H3,(H2,19,20,21);1H. The molecule has 2 aliphatic heterocycles. The fourth-order valence-electron chi connectivity index (χ4n) is 3.37. The highest BCUT2D eigenvalue weighted by Crippen LogP contribution is 2.22. The highest BCUT2D eigenvalue weighted by molar-refractivity contribution is 14.0. The molecule has 148 valence electrons. The predicted molar refractivity (Wildman–Crippen MR) is 119 cm³/mol. The molecule has 2 atom stereocenters. The number of guanidine groups is 1. The largest absolute Gasteiger partial charge is 0.373 e. The second kappa shape index (κ2) is 10.8. The van der Waals surface area contributed by atoms with E-state index in [0.29, 0.717) is 18.5 Å². The zero-order valence-corrected chi connectivity index (χ0v) is 19.2. The quantitative estimate of drug-likeness (QED) is 0.363. The van der Waals surface area contributed by atoms with Crippen LogP contribution in [-0.2, 0) is 11.3 Å². The van der Waals surface area contributed by atoms with Crippen molar-refractivity contribution in [2.45, 2.75) is 58.2 Å². The van der Waals surface area contributed by atoms with E-state index in [2.05, 4.69) is 51.7 Å². The number of nitrogens with one attached hydrogen (secondary N) is 2. The first kappa shape index (κ1) is 21.8. The molecule has 2 aliphatic rings. The zero-order valence-electron chi connectivity index (χ0n) is 16.0. The average Bonchev–Trinajstić information content (AvgIpc) is 3.25. The van der Waals surface area contributed by atoms with Crippen molar-refractivity contribution in [2.75, 3.05) is 32.8 Å². The number of aromatic nitrogens is 1. The summed E-state index contributed by atoms with van der Waals surface area (Å²) in [7, 11) is 0. The van der Waals surface area contributed by atoms with Crippen molar-refractivity contribution in [2.24, 2.45) is 4.99 Å². The van der Waals surface area contributed by atoms with Crippen LogP contribution in [0.3, 0.4) is 0 Å². The van der Waals surface area contributed by atoms with Crippen molar-refractivity contribution < 1.29 is 4.74 Å². The molecule has 0 spiro atoms. The van der Waals surface area contributed by atoms with E-state index < -0.39 is 0 Å². The summed E-state index contributed by atoms with van der Waals surface area (Å²) < 4.78 is 6.02. The Balaban J connectivity index is 0.00000243. The van der Waals surface area contributed by atoms with Crippen LogP contribution in [0.1, 0.15) is 50.2 Å². The summed E-state index contributed by atoms with van der Waals surface area (Å²) >= 11 is 1.69. The van der Waals surface area contributed by atoms with Crippen LogP contribution in [-0.4, -0.2) is 60.8 Å². The molecular formula is C18H32IN5OS. The predicted octanol–water partition coefficient (Wildman–Crippen LogP) is 2.80. The number of rotatable bonds is 6. The van der Waals surface area contributed by atoms with Gasteiger partial charge < -0.3 is 15.4 Å². The number of hydrogen-bond donors (Lipinski definition) is 2. The van der Waals surface area contributed by atoms with Crippen molar-refractivity contribution in [3.63, 3.8) is 0 Å². The third-order valence-electron chi connectivity index (χ3n) is 4.84. The first-order valence-electron chi connectivity index (χ1n) is 9.47. The molecule has 0 aromatic carbocycles. The van der Waals surface area contributed by atoms with Gasteiger partial charge in [0.25, 0.3) is 0 Å². The van der Waals surface area contributed by atoms with Gasteiger partial charge >= 0.3 is 0 Å². The maximum absolute atomic E-state index is 6.02. The van der Waals surface area contributed by atoms with E-state index in [9.17, 15) is 0 Å². The molecule has 2 N–H and O–H groups in total. The van der Waals surface area contributed by atoms with E-state index in [4.69, 9.17) is 4.74 Å². The van der Waals surface area contributed by atoms with Crippen molar-refractivity contribution in [3.05, 3.63) is 16.1 Å². The van der Waals surface area contributed by atoms with Crippen LogP contribution in [0.5, 0.6) is 0 Å². The molecule has 1 aromatic heterocycles. The van der Waals surface area contributed by atoms with E-state index in [0.717, 1.165) is 42.9 Å². The van der Waals surface area contributed by atoms with Crippen LogP contribution in [0.4, 0.5) is 0 Å². The number of aliphatic imine (C=N–C) groups is 1. The van der Waals surface area contributed by atoms with E-state index in [-0.39, 0.29) is 30.1 Å². The maximum atomic E-state index is 6.02. The molecule has 0 aliphatic carbocycles. The average molecular weight is 493 g/mol. The molecule has 3 rings (SSSR count). The number of hydrogen-bond acceptors (Lipinski definition) is 5. The molecule has 2 unspecified atom stereocenters. The molecule has 6 nitrogen and oxygen atoms in total. The normalized spacial score (nSPS) is 23.6. The lowest BCUT2D eigenvalue weighted by atomic mass is 10.2. The maximum Gasteiger partial charge on any atom is 0.191 e. The molecule has 8 heteroatoms. The van der Waals surface area contributed by atoms with Crippen LogP contribution < -0.4 is 10.6 Å². The van der Waals surface area contributed by atoms with E-state index in [1.807, 2.05) is 0 Å². The van der Waals surface area contributed by atoms with Gasteiger partial charge in [-0.05, 0) is 32.2 Å². The molecular weight excluding hydrogens is 461 g/mol. The summed E-state index contributed by atoms with van der Waals surface area (Å²) in [4.78, 5) is 11.9. The minimum Gasteiger partial charge on any atom is -0.373 e. The van der Waals surface area contributed by atoms with Crippen molar-refractivity contribution in [1.29, 1.82) is 0 Å². The first-order valence-corrected chi connectivity index (χ1v) is 10.4. The van der Waals surface area contributed by atoms with Gasteiger partial charge in [0.1, 0.15) is 5.01 Å². The van der Waals surface area contributed by atoms with E-state index >= 15 is 0 Å². The molecule has 2 saturated heterocycles. The minimum atomic E-state index is 0. The number of nitrogens with zero attached hydrogens (tertiary/aromatic N) is 3. The van der Waals surface area contributed by atoms with Crippen LogP contribution in [0.25, 0.3) is 0 Å². The molecule has 3 heterocycles. The van der Waals surface area contributed by atoms with Gasteiger partial charge in [0.15, 0.2) is 5.96 Å².